The zero-order valence-electron chi connectivity index (χ0n) is 26.8. The maximum absolute atomic E-state index is 13.9. The lowest BCUT2D eigenvalue weighted by Gasteiger charge is -2.26. The molecule has 1 saturated carbocycles. The summed E-state index contributed by atoms with van der Waals surface area (Å²) in [6.07, 6.45) is 8.69. The summed E-state index contributed by atoms with van der Waals surface area (Å²) >= 11 is 0. The van der Waals surface area contributed by atoms with Gasteiger partial charge in [0, 0.05) is 43.5 Å². The summed E-state index contributed by atoms with van der Waals surface area (Å²) < 4.78 is 0. The molecule has 0 spiro atoms. The van der Waals surface area contributed by atoms with E-state index in [9.17, 15) is 24.0 Å². The van der Waals surface area contributed by atoms with Crippen LogP contribution in [0.1, 0.15) is 74.8 Å². The van der Waals surface area contributed by atoms with Crippen molar-refractivity contribution in [3.05, 3.63) is 72.3 Å². The first-order chi connectivity index (χ1) is 20.7. The molecule has 1 aromatic heterocycles. The molecule has 0 aliphatic heterocycles. The number of carbonyl (C=O) groups is 5. The molecule has 13 heteroatoms. The Morgan fingerprint density at radius 2 is 1.68 bits per heavy atom. The summed E-state index contributed by atoms with van der Waals surface area (Å²) in [5.74, 6) is -1.94. The van der Waals surface area contributed by atoms with Crippen molar-refractivity contribution in [2.24, 2.45) is 17.8 Å². The predicted octanol–water partition coefficient (Wildman–Crippen LogP) is 4.88. The molecular weight excluding hydrogens is 673 g/mol. The summed E-state index contributed by atoms with van der Waals surface area (Å²) in [4.78, 5) is 72.8. The molecule has 2 amide bonds. The molecule has 9 nitrogen and oxygen atoms in total. The second kappa shape index (κ2) is 21.9. The van der Waals surface area contributed by atoms with Crippen molar-refractivity contribution in [1.82, 2.24) is 20.6 Å². The minimum absolute atomic E-state index is 0. The van der Waals surface area contributed by atoms with E-state index in [1.54, 1.807) is 0 Å². The van der Waals surface area contributed by atoms with Gasteiger partial charge >= 0.3 is 0 Å². The highest BCUT2D eigenvalue weighted by Crippen LogP contribution is 2.26. The highest BCUT2D eigenvalue weighted by molar-refractivity contribution is 7.59. The molecule has 3 aromatic rings. The van der Waals surface area contributed by atoms with E-state index in [0.29, 0.717) is 25.5 Å². The Labute approximate surface area is 305 Å². The summed E-state index contributed by atoms with van der Waals surface area (Å²) in [6, 6.07) is 11.9. The van der Waals surface area contributed by atoms with E-state index in [1.165, 1.54) is 18.6 Å². The number of hydrogen-bond acceptors (Lipinski definition) is 7. The fourth-order valence-corrected chi connectivity index (χ4v) is 5.88. The van der Waals surface area contributed by atoms with E-state index < -0.39 is 29.8 Å². The Balaban J connectivity index is 0.00000529. The van der Waals surface area contributed by atoms with E-state index in [-0.39, 0.29) is 102 Å². The zero-order chi connectivity index (χ0) is 30.8. The van der Waals surface area contributed by atoms with Gasteiger partial charge in [0.15, 0.2) is 5.78 Å². The highest BCUT2D eigenvalue weighted by atomic mass is 32.1. The first-order valence-electron chi connectivity index (χ1n) is 15.1. The van der Waals surface area contributed by atoms with Crippen LogP contribution in [0.4, 0.5) is 0 Å². The van der Waals surface area contributed by atoms with Gasteiger partial charge in [-0.05, 0) is 47.9 Å². The number of carbonyl (C=O) groups excluding carboxylic acids is 5. The lowest BCUT2D eigenvalue weighted by molar-refractivity contribution is -0.132. The number of amides is 2. The van der Waals surface area contributed by atoms with Gasteiger partial charge in [-0.25, -0.2) is 4.98 Å². The SMILES string of the molecule is CC(C)C[C@H](CC(=O)[C@H](Cc1cccc2ccccc12)NC(=O)c1cnccn1)C(=O)N[C@H](C=O)C[C@@H]1CCCCC1=O.S.S.S.S. The normalized spacial score (nSPS) is 15.7. The van der Waals surface area contributed by atoms with Gasteiger partial charge in [0.25, 0.3) is 5.91 Å². The maximum atomic E-state index is 13.9. The quantitative estimate of drug-likeness (QED) is 0.227. The number of aldehydes is 1. The van der Waals surface area contributed by atoms with E-state index in [2.05, 4.69) is 20.6 Å². The number of hydrogen-bond donors (Lipinski definition) is 2. The van der Waals surface area contributed by atoms with Crippen molar-refractivity contribution in [2.45, 2.75) is 77.3 Å². The van der Waals surface area contributed by atoms with Gasteiger partial charge in [-0.1, -0.05) is 62.7 Å². The first kappa shape index (κ1) is 44.1. The monoisotopic (exact) mass is 720 g/mol. The van der Waals surface area contributed by atoms with Crippen molar-refractivity contribution in [3.8, 4) is 0 Å². The number of fused-ring (bicyclic) bond motifs is 1. The molecule has 0 bridgehead atoms. The van der Waals surface area contributed by atoms with Crippen LogP contribution in [0.25, 0.3) is 10.8 Å². The van der Waals surface area contributed by atoms with Crippen LogP contribution in [0.2, 0.25) is 0 Å². The molecule has 0 radical (unpaired) electrons. The predicted molar refractivity (Wildman–Crippen MR) is 205 cm³/mol. The number of Topliss-reactive ketones (excluding diaryl/α,β-unsaturated/α-hetero) is 2. The van der Waals surface area contributed by atoms with Crippen LogP contribution in [0, 0.1) is 17.8 Å². The molecular formula is C34H48N4O5S4. The number of nitrogens with one attached hydrogen (secondary N) is 2. The Kier molecular flexibility index (Phi) is 20.6. The lowest BCUT2D eigenvalue weighted by atomic mass is 9.83. The Bertz CT molecular complexity index is 1460. The van der Waals surface area contributed by atoms with E-state index in [1.807, 2.05) is 56.3 Å². The van der Waals surface area contributed by atoms with Crippen LogP contribution in [0.3, 0.4) is 0 Å². The van der Waals surface area contributed by atoms with Gasteiger partial charge in [-0.15, -0.1) is 0 Å². The van der Waals surface area contributed by atoms with E-state index in [4.69, 9.17) is 0 Å². The molecule has 1 fully saturated rings. The van der Waals surface area contributed by atoms with Crippen LogP contribution >= 0.6 is 54.0 Å². The molecule has 2 N–H and O–H groups in total. The topological polar surface area (TPSA) is 135 Å². The third-order valence-corrected chi connectivity index (χ3v) is 8.08. The molecule has 0 unspecified atom stereocenters. The van der Waals surface area contributed by atoms with Crippen molar-refractivity contribution in [3.63, 3.8) is 0 Å². The van der Waals surface area contributed by atoms with Gasteiger partial charge in [-0.2, -0.15) is 54.0 Å². The molecule has 1 aliphatic carbocycles. The summed E-state index contributed by atoms with van der Waals surface area (Å²) in [5.41, 5.74) is 0.972. The van der Waals surface area contributed by atoms with Crippen LogP contribution in [-0.2, 0) is 25.6 Å². The van der Waals surface area contributed by atoms with Gasteiger partial charge in [0.1, 0.15) is 17.8 Å². The standard InChI is InChI=1S/C34H40N4O5.4H2S/c1-22(2)16-26(33(42)37-27(21-39)17-25-9-4-6-13-31(25)40)19-32(41)29(38-34(43)30-20-35-14-15-36-30)18-24-11-7-10-23-8-3-5-12-28(23)24;;;;/h3,5,7-8,10-12,14-15,20-22,25-27,29H,4,6,9,13,16-19H2,1-2H3,(H,37,42)(H,38,43);4*1H2/t25-,26+,27-,29-;;;;/m0..../s1. The van der Waals surface area contributed by atoms with Gasteiger partial charge in [0.05, 0.1) is 18.3 Å². The van der Waals surface area contributed by atoms with Crippen LogP contribution < -0.4 is 10.6 Å². The third kappa shape index (κ3) is 12.9. The number of benzene rings is 2. The van der Waals surface area contributed by atoms with Crippen LogP contribution in [0.15, 0.2) is 61.1 Å². The molecule has 258 valence electrons. The largest absolute Gasteiger partial charge is 0.346 e. The second-order valence-corrected chi connectivity index (χ2v) is 11.9. The molecule has 2 aromatic carbocycles. The molecule has 4 atom stereocenters. The fraction of sp³-hybridized carbons (Fsp3) is 0.441. The van der Waals surface area contributed by atoms with Gasteiger partial charge in [0.2, 0.25) is 5.91 Å². The number of nitrogens with zero attached hydrogens (tertiary/aromatic N) is 2. The number of ketones is 2. The summed E-state index contributed by atoms with van der Waals surface area (Å²) in [5, 5.41) is 7.63. The maximum Gasteiger partial charge on any atom is 0.272 e. The Hall–Kier alpha value is -2.87. The summed E-state index contributed by atoms with van der Waals surface area (Å²) in [6.45, 7) is 3.93. The van der Waals surface area contributed by atoms with Gasteiger partial charge in [-0.3, -0.25) is 24.2 Å². The van der Waals surface area contributed by atoms with Gasteiger partial charge < -0.3 is 15.4 Å². The van der Waals surface area contributed by atoms with Crippen LogP contribution in [0.5, 0.6) is 0 Å². The number of rotatable bonds is 14. The minimum atomic E-state index is -0.926. The average Bonchev–Trinajstić information content (AvgIpc) is 3.01. The second-order valence-electron chi connectivity index (χ2n) is 11.9. The van der Waals surface area contributed by atoms with Crippen LogP contribution in [-0.4, -0.2) is 51.7 Å². The molecule has 1 heterocycles. The highest BCUT2D eigenvalue weighted by Gasteiger charge is 2.32. The van der Waals surface area contributed by atoms with Crippen molar-refractivity contribution in [1.29, 1.82) is 0 Å². The molecule has 0 saturated heterocycles. The van der Waals surface area contributed by atoms with Crippen molar-refractivity contribution < 1.29 is 24.0 Å². The zero-order valence-corrected chi connectivity index (χ0v) is 30.8. The Morgan fingerprint density at radius 3 is 2.34 bits per heavy atom. The van der Waals surface area contributed by atoms with Crippen molar-refractivity contribution >= 4 is 94.4 Å². The smallest absolute Gasteiger partial charge is 0.272 e. The molecule has 4 rings (SSSR count). The molecule has 1 aliphatic rings. The third-order valence-electron chi connectivity index (χ3n) is 8.08. The number of aromatic nitrogens is 2. The fourth-order valence-electron chi connectivity index (χ4n) is 5.88. The average molecular weight is 721 g/mol. The first-order valence-corrected chi connectivity index (χ1v) is 15.1. The van der Waals surface area contributed by atoms with Crippen molar-refractivity contribution in [2.75, 3.05) is 0 Å². The minimum Gasteiger partial charge on any atom is -0.346 e. The summed E-state index contributed by atoms with van der Waals surface area (Å²) in [7, 11) is 0. The van der Waals surface area contributed by atoms with E-state index in [0.717, 1.165) is 29.2 Å². The lowest BCUT2D eigenvalue weighted by Crippen LogP contribution is -2.46. The Morgan fingerprint density at radius 1 is 0.957 bits per heavy atom. The molecule has 47 heavy (non-hydrogen) atoms. The van der Waals surface area contributed by atoms with E-state index >= 15 is 0 Å².